The van der Waals surface area contributed by atoms with E-state index in [9.17, 15) is 4.79 Å². The van der Waals surface area contributed by atoms with Crippen molar-refractivity contribution < 1.29 is 4.79 Å². The summed E-state index contributed by atoms with van der Waals surface area (Å²) in [7, 11) is 1.83. The molecule has 0 radical (unpaired) electrons. The predicted octanol–water partition coefficient (Wildman–Crippen LogP) is 2.05. The molecule has 4 nitrogen and oxygen atoms in total. The van der Waals surface area contributed by atoms with Crippen LogP contribution in [0.3, 0.4) is 0 Å². The number of pyridine rings is 1. The Morgan fingerprint density at radius 2 is 2.11 bits per heavy atom. The molecule has 1 fully saturated rings. The Morgan fingerprint density at radius 1 is 1.39 bits per heavy atom. The van der Waals surface area contributed by atoms with Crippen molar-refractivity contribution >= 4 is 22.5 Å². The van der Waals surface area contributed by atoms with Crippen LogP contribution in [0.4, 0.5) is 5.82 Å². The molecule has 1 aliphatic rings. The van der Waals surface area contributed by atoms with Gasteiger partial charge in [0.25, 0.3) is 5.91 Å². The summed E-state index contributed by atoms with van der Waals surface area (Å²) in [4.78, 5) is 18.2. The number of carbonyl (C=O) groups is 1. The van der Waals surface area contributed by atoms with Crippen molar-refractivity contribution in [1.82, 2.24) is 9.88 Å². The number of carbonyl (C=O) groups excluding carboxylic acids is 1. The molecule has 3 rings (SSSR count). The number of amides is 1. The minimum atomic E-state index is -0.0463. The lowest BCUT2D eigenvalue weighted by Gasteiger charge is -2.16. The average Bonchev–Trinajstić information content (AvgIpc) is 3.21. The highest BCUT2D eigenvalue weighted by Crippen LogP contribution is 2.27. The Hall–Kier alpha value is -2.10. The number of rotatable bonds is 2. The molecule has 1 aromatic carbocycles. The van der Waals surface area contributed by atoms with E-state index in [0.29, 0.717) is 17.6 Å². The van der Waals surface area contributed by atoms with Crippen molar-refractivity contribution in [1.29, 1.82) is 0 Å². The van der Waals surface area contributed by atoms with Gasteiger partial charge in [-0.15, -0.1) is 0 Å². The zero-order chi connectivity index (χ0) is 12.7. The molecular formula is C14H15N3O. The number of nitrogens with zero attached hydrogens (tertiary/aromatic N) is 2. The molecular weight excluding hydrogens is 226 g/mol. The summed E-state index contributed by atoms with van der Waals surface area (Å²) in [5, 5.41) is 1.85. The van der Waals surface area contributed by atoms with Gasteiger partial charge in [0.05, 0.1) is 0 Å². The summed E-state index contributed by atoms with van der Waals surface area (Å²) in [6.45, 7) is 0. The van der Waals surface area contributed by atoms with E-state index in [1.807, 2.05) is 37.4 Å². The Balaban J connectivity index is 2.04. The van der Waals surface area contributed by atoms with Gasteiger partial charge in [0, 0.05) is 18.5 Å². The standard InChI is InChI=1S/C14H15N3O/c1-17(10-6-7-10)14(18)12-8-9-4-2-3-5-11(9)13(15)16-12/h2-5,8,10H,6-7H2,1H3,(H2,15,16). The van der Waals surface area contributed by atoms with Gasteiger partial charge in [0.1, 0.15) is 11.5 Å². The highest BCUT2D eigenvalue weighted by molar-refractivity contribution is 5.99. The van der Waals surface area contributed by atoms with Crippen LogP contribution < -0.4 is 5.73 Å². The van der Waals surface area contributed by atoms with Crippen molar-refractivity contribution in [2.45, 2.75) is 18.9 Å². The summed E-state index contributed by atoms with van der Waals surface area (Å²) in [6.07, 6.45) is 2.18. The molecule has 2 aromatic rings. The number of hydrogen-bond donors (Lipinski definition) is 1. The Kier molecular flexibility index (Phi) is 2.44. The van der Waals surface area contributed by atoms with Gasteiger partial charge in [-0.2, -0.15) is 0 Å². The quantitative estimate of drug-likeness (QED) is 0.875. The SMILES string of the molecule is CN(C(=O)c1cc2ccccc2c(N)n1)C1CC1. The fourth-order valence-corrected chi connectivity index (χ4v) is 2.14. The third kappa shape index (κ3) is 1.79. The van der Waals surface area contributed by atoms with Crippen LogP contribution in [0.5, 0.6) is 0 Å². The van der Waals surface area contributed by atoms with Crippen molar-refractivity contribution in [3.63, 3.8) is 0 Å². The highest BCUT2D eigenvalue weighted by Gasteiger charge is 2.30. The molecule has 1 aliphatic carbocycles. The number of anilines is 1. The van der Waals surface area contributed by atoms with Gasteiger partial charge in [-0.1, -0.05) is 24.3 Å². The van der Waals surface area contributed by atoms with Crippen LogP contribution in [0.15, 0.2) is 30.3 Å². The largest absolute Gasteiger partial charge is 0.383 e. The zero-order valence-electron chi connectivity index (χ0n) is 10.3. The minimum Gasteiger partial charge on any atom is -0.383 e. The molecule has 1 saturated carbocycles. The fraction of sp³-hybridized carbons (Fsp3) is 0.286. The number of nitrogen functional groups attached to an aromatic ring is 1. The second kappa shape index (κ2) is 3.98. The monoisotopic (exact) mass is 241 g/mol. The van der Waals surface area contributed by atoms with E-state index >= 15 is 0 Å². The first-order valence-corrected chi connectivity index (χ1v) is 6.09. The predicted molar refractivity (Wildman–Crippen MR) is 71.3 cm³/mol. The van der Waals surface area contributed by atoms with Gasteiger partial charge in [-0.3, -0.25) is 4.79 Å². The normalized spacial score (nSPS) is 14.7. The molecule has 1 amide bonds. The van der Waals surface area contributed by atoms with Gasteiger partial charge in [0.2, 0.25) is 0 Å². The van der Waals surface area contributed by atoms with E-state index in [1.54, 1.807) is 4.90 Å². The smallest absolute Gasteiger partial charge is 0.272 e. The van der Waals surface area contributed by atoms with E-state index in [0.717, 1.165) is 23.6 Å². The van der Waals surface area contributed by atoms with Gasteiger partial charge in [-0.05, 0) is 24.3 Å². The van der Waals surface area contributed by atoms with E-state index in [4.69, 9.17) is 5.73 Å². The van der Waals surface area contributed by atoms with Crippen LogP contribution in [0.25, 0.3) is 10.8 Å². The van der Waals surface area contributed by atoms with Crippen LogP contribution in [-0.4, -0.2) is 28.9 Å². The molecule has 0 aliphatic heterocycles. The van der Waals surface area contributed by atoms with E-state index in [2.05, 4.69) is 4.98 Å². The van der Waals surface area contributed by atoms with Crippen LogP contribution in [0.2, 0.25) is 0 Å². The third-order valence-electron chi connectivity index (χ3n) is 3.40. The second-order valence-electron chi connectivity index (χ2n) is 4.76. The molecule has 92 valence electrons. The molecule has 0 unspecified atom stereocenters. The summed E-state index contributed by atoms with van der Waals surface area (Å²) in [5.41, 5.74) is 6.34. The maximum absolute atomic E-state index is 12.2. The Bertz CT molecular complexity index is 619. The van der Waals surface area contributed by atoms with Crippen molar-refractivity contribution in [3.8, 4) is 0 Å². The molecule has 2 N–H and O–H groups in total. The van der Waals surface area contributed by atoms with Crippen molar-refractivity contribution in [2.24, 2.45) is 0 Å². The van der Waals surface area contributed by atoms with Crippen LogP contribution >= 0.6 is 0 Å². The van der Waals surface area contributed by atoms with Gasteiger partial charge in [0.15, 0.2) is 0 Å². The third-order valence-corrected chi connectivity index (χ3v) is 3.40. The van der Waals surface area contributed by atoms with Gasteiger partial charge in [-0.25, -0.2) is 4.98 Å². The molecule has 4 heteroatoms. The highest BCUT2D eigenvalue weighted by atomic mass is 16.2. The van der Waals surface area contributed by atoms with Crippen LogP contribution in [0.1, 0.15) is 23.3 Å². The molecule has 0 bridgehead atoms. The number of fused-ring (bicyclic) bond motifs is 1. The Labute approximate surface area is 105 Å². The van der Waals surface area contributed by atoms with E-state index in [-0.39, 0.29) is 5.91 Å². The first kappa shape index (κ1) is 11.0. The molecule has 18 heavy (non-hydrogen) atoms. The number of aromatic nitrogens is 1. The topological polar surface area (TPSA) is 59.2 Å². The fourth-order valence-electron chi connectivity index (χ4n) is 2.14. The zero-order valence-corrected chi connectivity index (χ0v) is 10.3. The molecule has 1 aromatic heterocycles. The summed E-state index contributed by atoms with van der Waals surface area (Å²) in [6, 6.07) is 9.90. The molecule has 0 spiro atoms. The summed E-state index contributed by atoms with van der Waals surface area (Å²) in [5.74, 6) is 0.371. The van der Waals surface area contributed by atoms with Crippen LogP contribution in [0, 0.1) is 0 Å². The van der Waals surface area contributed by atoms with E-state index in [1.165, 1.54) is 0 Å². The number of nitrogens with two attached hydrogens (primary N) is 1. The number of hydrogen-bond acceptors (Lipinski definition) is 3. The first-order valence-electron chi connectivity index (χ1n) is 6.09. The maximum Gasteiger partial charge on any atom is 0.272 e. The second-order valence-corrected chi connectivity index (χ2v) is 4.76. The average molecular weight is 241 g/mol. The van der Waals surface area contributed by atoms with Crippen LogP contribution in [-0.2, 0) is 0 Å². The Morgan fingerprint density at radius 3 is 2.83 bits per heavy atom. The van der Waals surface area contributed by atoms with E-state index < -0.39 is 0 Å². The van der Waals surface area contributed by atoms with Gasteiger partial charge >= 0.3 is 0 Å². The molecule has 1 heterocycles. The summed E-state index contributed by atoms with van der Waals surface area (Å²) >= 11 is 0. The first-order chi connectivity index (χ1) is 8.66. The van der Waals surface area contributed by atoms with Crippen molar-refractivity contribution in [3.05, 3.63) is 36.0 Å². The molecule has 0 saturated heterocycles. The van der Waals surface area contributed by atoms with Gasteiger partial charge < -0.3 is 10.6 Å². The molecule has 0 atom stereocenters. The summed E-state index contributed by atoms with van der Waals surface area (Å²) < 4.78 is 0. The minimum absolute atomic E-state index is 0.0463. The number of benzene rings is 1. The lowest BCUT2D eigenvalue weighted by atomic mass is 10.1. The lowest BCUT2D eigenvalue weighted by molar-refractivity contribution is 0.0779. The van der Waals surface area contributed by atoms with Crippen molar-refractivity contribution in [2.75, 3.05) is 12.8 Å². The lowest BCUT2D eigenvalue weighted by Crippen LogP contribution is -2.29. The maximum atomic E-state index is 12.2.